The van der Waals surface area contributed by atoms with Crippen LogP contribution in [0.25, 0.3) is 0 Å². The van der Waals surface area contributed by atoms with Crippen LogP contribution in [0.5, 0.6) is 0 Å². The maximum absolute atomic E-state index is 12.0. The molecule has 1 saturated carbocycles. The fraction of sp³-hybridized carbons (Fsp3) is 0.929. The van der Waals surface area contributed by atoms with Crippen LogP contribution in [0.2, 0.25) is 0 Å². The third-order valence-corrected chi connectivity index (χ3v) is 4.50. The first-order valence-electron chi connectivity index (χ1n) is 7.41. The largest absolute Gasteiger partial charge is 0.352 e. The highest BCUT2D eigenvalue weighted by atomic mass is 16.2. The summed E-state index contributed by atoms with van der Waals surface area (Å²) in [5, 5.41) is 3.12. The van der Waals surface area contributed by atoms with Crippen molar-refractivity contribution in [2.75, 3.05) is 13.1 Å². The van der Waals surface area contributed by atoms with Crippen LogP contribution in [0.1, 0.15) is 46.0 Å². The van der Waals surface area contributed by atoms with Gasteiger partial charge >= 0.3 is 0 Å². The molecular weight excluding hydrogens is 226 g/mol. The summed E-state index contributed by atoms with van der Waals surface area (Å²) in [4.78, 5) is 14.6. The van der Waals surface area contributed by atoms with Crippen molar-refractivity contribution in [3.05, 3.63) is 0 Å². The first-order chi connectivity index (χ1) is 8.61. The Morgan fingerprint density at radius 3 is 2.44 bits per heavy atom. The Hall–Kier alpha value is -0.610. The lowest BCUT2D eigenvalue weighted by molar-refractivity contribution is -0.124. The Kier molecular flexibility index (Phi) is 4.62. The Labute approximate surface area is 110 Å². The number of likely N-dealkylation sites (tertiary alicyclic amines) is 1. The number of nitrogens with two attached hydrogens (primary N) is 1. The van der Waals surface area contributed by atoms with Crippen LogP contribution in [0.4, 0.5) is 0 Å². The van der Waals surface area contributed by atoms with E-state index in [4.69, 9.17) is 5.73 Å². The minimum Gasteiger partial charge on any atom is -0.352 e. The zero-order chi connectivity index (χ0) is 13.1. The number of rotatable bonds is 5. The second kappa shape index (κ2) is 6.02. The average Bonchev–Trinajstić information content (AvgIpc) is 3.22. The monoisotopic (exact) mass is 253 g/mol. The molecule has 2 fully saturated rings. The topological polar surface area (TPSA) is 58.4 Å². The molecule has 18 heavy (non-hydrogen) atoms. The van der Waals surface area contributed by atoms with Crippen LogP contribution in [-0.2, 0) is 4.79 Å². The summed E-state index contributed by atoms with van der Waals surface area (Å²) in [5.41, 5.74) is 5.95. The van der Waals surface area contributed by atoms with E-state index < -0.39 is 0 Å². The van der Waals surface area contributed by atoms with E-state index in [1.54, 1.807) is 0 Å². The summed E-state index contributed by atoms with van der Waals surface area (Å²) in [6, 6.07) is 0.836. The molecule has 0 radical (unpaired) electrons. The van der Waals surface area contributed by atoms with Gasteiger partial charge in [-0.25, -0.2) is 0 Å². The third kappa shape index (κ3) is 3.45. The zero-order valence-corrected chi connectivity index (χ0v) is 11.7. The number of piperidine rings is 1. The fourth-order valence-electron chi connectivity index (χ4n) is 2.66. The summed E-state index contributed by atoms with van der Waals surface area (Å²) in [7, 11) is 0. The molecule has 4 heteroatoms. The molecule has 0 aromatic rings. The molecule has 4 nitrogen and oxygen atoms in total. The maximum atomic E-state index is 12.0. The predicted molar refractivity (Wildman–Crippen MR) is 73.2 cm³/mol. The van der Waals surface area contributed by atoms with E-state index in [-0.39, 0.29) is 17.9 Å². The van der Waals surface area contributed by atoms with E-state index in [9.17, 15) is 4.79 Å². The molecule has 104 valence electrons. The minimum absolute atomic E-state index is 0.0363. The predicted octanol–water partition coefficient (Wildman–Crippen LogP) is 1.10. The highest BCUT2D eigenvalue weighted by Gasteiger charge is 2.32. The number of carbonyl (C=O) groups is 1. The molecule has 0 aromatic heterocycles. The summed E-state index contributed by atoms with van der Waals surface area (Å²) in [6.07, 6.45) is 5.85. The zero-order valence-electron chi connectivity index (χ0n) is 11.7. The van der Waals surface area contributed by atoms with Crippen molar-refractivity contribution in [2.45, 2.75) is 64.1 Å². The first kappa shape index (κ1) is 13.8. The molecule has 1 amide bonds. The van der Waals surface area contributed by atoms with Gasteiger partial charge in [-0.2, -0.15) is 0 Å². The van der Waals surface area contributed by atoms with Crippen LogP contribution >= 0.6 is 0 Å². The summed E-state index contributed by atoms with van der Waals surface area (Å²) < 4.78 is 0. The summed E-state index contributed by atoms with van der Waals surface area (Å²) in [5.74, 6) is 0.297. The molecule has 3 N–H and O–H groups in total. The Morgan fingerprint density at radius 1 is 1.33 bits per heavy atom. The normalized spacial score (nSPS) is 25.7. The average molecular weight is 253 g/mol. The van der Waals surface area contributed by atoms with Gasteiger partial charge in [0.2, 0.25) is 5.91 Å². The van der Waals surface area contributed by atoms with E-state index >= 15 is 0 Å². The number of nitrogens with zero attached hydrogens (tertiary/aromatic N) is 1. The Morgan fingerprint density at radius 2 is 1.94 bits per heavy atom. The molecule has 1 saturated heterocycles. The van der Waals surface area contributed by atoms with Gasteiger partial charge in [0.1, 0.15) is 0 Å². The van der Waals surface area contributed by atoms with Gasteiger partial charge in [-0.1, -0.05) is 20.3 Å². The third-order valence-electron chi connectivity index (χ3n) is 4.50. The molecule has 2 aliphatic rings. The van der Waals surface area contributed by atoms with Gasteiger partial charge in [0.15, 0.2) is 0 Å². The number of hydrogen-bond acceptors (Lipinski definition) is 3. The Balaban J connectivity index is 1.71. The van der Waals surface area contributed by atoms with Gasteiger partial charge < -0.3 is 16.0 Å². The molecule has 1 aliphatic carbocycles. The molecule has 1 unspecified atom stereocenters. The van der Waals surface area contributed by atoms with E-state index in [2.05, 4.69) is 17.1 Å². The highest BCUT2D eigenvalue weighted by molar-refractivity contribution is 5.82. The van der Waals surface area contributed by atoms with Crippen molar-refractivity contribution in [1.82, 2.24) is 10.2 Å². The second-order valence-electron chi connectivity index (χ2n) is 5.96. The Bertz CT molecular complexity index is 283. The van der Waals surface area contributed by atoms with Gasteiger partial charge in [0.05, 0.1) is 6.04 Å². The number of amides is 1. The SMILES string of the molecule is CCC(C)[C@H](N)C(=O)NC1CCN(C2CC2)CC1. The molecule has 0 bridgehead atoms. The van der Waals surface area contributed by atoms with Crippen molar-refractivity contribution in [1.29, 1.82) is 0 Å². The van der Waals surface area contributed by atoms with Crippen LogP contribution in [-0.4, -0.2) is 42.0 Å². The molecule has 2 atom stereocenters. The molecule has 0 spiro atoms. The van der Waals surface area contributed by atoms with E-state index in [0.29, 0.717) is 6.04 Å². The van der Waals surface area contributed by atoms with Gasteiger partial charge in [0.25, 0.3) is 0 Å². The maximum Gasteiger partial charge on any atom is 0.237 e. The number of nitrogens with one attached hydrogen (secondary N) is 1. The van der Waals surface area contributed by atoms with E-state index in [0.717, 1.165) is 38.4 Å². The van der Waals surface area contributed by atoms with Crippen molar-refractivity contribution in [2.24, 2.45) is 11.7 Å². The van der Waals surface area contributed by atoms with Crippen molar-refractivity contribution >= 4 is 5.91 Å². The van der Waals surface area contributed by atoms with Crippen LogP contribution < -0.4 is 11.1 Å². The molecule has 0 aromatic carbocycles. The van der Waals surface area contributed by atoms with E-state index in [1.165, 1.54) is 12.8 Å². The van der Waals surface area contributed by atoms with Crippen LogP contribution in [0.15, 0.2) is 0 Å². The van der Waals surface area contributed by atoms with Gasteiger partial charge in [-0.3, -0.25) is 4.79 Å². The summed E-state index contributed by atoms with van der Waals surface area (Å²) in [6.45, 7) is 6.38. The van der Waals surface area contributed by atoms with Gasteiger partial charge in [-0.05, 0) is 31.6 Å². The molecule has 1 aliphatic heterocycles. The lowest BCUT2D eigenvalue weighted by Gasteiger charge is -2.33. The van der Waals surface area contributed by atoms with E-state index in [1.807, 2.05) is 6.92 Å². The molecule has 1 heterocycles. The highest BCUT2D eigenvalue weighted by Crippen LogP contribution is 2.29. The van der Waals surface area contributed by atoms with Crippen LogP contribution in [0.3, 0.4) is 0 Å². The number of carbonyl (C=O) groups excluding carboxylic acids is 1. The quantitative estimate of drug-likeness (QED) is 0.771. The number of hydrogen-bond donors (Lipinski definition) is 2. The second-order valence-corrected chi connectivity index (χ2v) is 5.96. The summed E-state index contributed by atoms with van der Waals surface area (Å²) >= 11 is 0. The van der Waals surface area contributed by atoms with Crippen molar-refractivity contribution < 1.29 is 4.79 Å². The first-order valence-corrected chi connectivity index (χ1v) is 7.41. The smallest absolute Gasteiger partial charge is 0.237 e. The van der Waals surface area contributed by atoms with Crippen LogP contribution in [0, 0.1) is 5.92 Å². The van der Waals surface area contributed by atoms with Crippen molar-refractivity contribution in [3.63, 3.8) is 0 Å². The minimum atomic E-state index is -0.350. The van der Waals surface area contributed by atoms with Gasteiger partial charge in [-0.15, -0.1) is 0 Å². The standard InChI is InChI=1S/C14H27N3O/c1-3-10(2)13(15)14(18)16-11-6-8-17(9-7-11)12-4-5-12/h10-13H,3-9,15H2,1-2H3,(H,16,18)/t10?,13-/m0/s1. The fourth-order valence-corrected chi connectivity index (χ4v) is 2.66. The van der Waals surface area contributed by atoms with Gasteiger partial charge in [0, 0.05) is 25.2 Å². The lowest BCUT2D eigenvalue weighted by atomic mass is 9.98. The van der Waals surface area contributed by atoms with Crippen molar-refractivity contribution in [3.8, 4) is 0 Å². The lowest BCUT2D eigenvalue weighted by Crippen LogP contribution is -2.51. The molecular formula is C14H27N3O. The molecule has 2 rings (SSSR count).